The highest BCUT2D eigenvalue weighted by atomic mass is 16.5. The number of hydrogen-bond acceptors (Lipinski definition) is 7. The Bertz CT molecular complexity index is 922. The zero-order valence-corrected chi connectivity index (χ0v) is 16.6. The minimum Gasteiger partial charge on any atom is -0.493 e. The van der Waals surface area contributed by atoms with Gasteiger partial charge in [-0.2, -0.15) is 5.10 Å². The predicted molar refractivity (Wildman–Crippen MR) is 103 cm³/mol. The van der Waals surface area contributed by atoms with Gasteiger partial charge in [0, 0.05) is 5.39 Å². The van der Waals surface area contributed by atoms with E-state index in [1.54, 1.807) is 12.1 Å². The monoisotopic (exact) mass is 391 g/mol. The molecule has 0 bridgehead atoms. The maximum atomic E-state index is 12.9. The van der Waals surface area contributed by atoms with Gasteiger partial charge in [-0.15, -0.1) is 0 Å². The number of hydrogen-bond donors (Lipinski definition) is 1. The van der Waals surface area contributed by atoms with E-state index in [0.29, 0.717) is 17.6 Å². The summed E-state index contributed by atoms with van der Waals surface area (Å²) in [6, 6.07) is 2.57. The maximum Gasteiger partial charge on any atom is 0.328 e. The first-order valence-corrected chi connectivity index (χ1v) is 8.80. The first-order chi connectivity index (χ1) is 13.3. The quantitative estimate of drug-likeness (QED) is 0.672. The molecule has 1 aromatic carbocycles. The number of amides is 1. The van der Waals surface area contributed by atoms with Gasteiger partial charge in [-0.3, -0.25) is 9.59 Å². The van der Waals surface area contributed by atoms with Crippen LogP contribution in [0.3, 0.4) is 0 Å². The third kappa shape index (κ3) is 4.59. The molecule has 0 spiro atoms. The molecule has 9 nitrogen and oxygen atoms in total. The molecule has 2 rings (SSSR count). The molecule has 0 saturated carbocycles. The Hall–Kier alpha value is -3.10. The molecule has 0 saturated heterocycles. The summed E-state index contributed by atoms with van der Waals surface area (Å²) >= 11 is 0. The lowest BCUT2D eigenvalue weighted by atomic mass is 10.0. The summed E-state index contributed by atoms with van der Waals surface area (Å²) in [6.07, 6.45) is 1.89. The number of carbonyl (C=O) groups is 2. The summed E-state index contributed by atoms with van der Waals surface area (Å²) in [5, 5.41) is 7.47. The van der Waals surface area contributed by atoms with Gasteiger partial charge in [-0.1, -0.05) is 13.8 Å². The highest BCUT2D eigenvalue weighted by molar-refractivity contribution is 5.90. The lowest BCUT2D eigenvalue weighted by Crippen LogP contribution is -2.44. The molecule has 2 aromatic rings. The molecule has 0 radical (unpaired) electrons. The topological polar surface area (TPSA) is 109 Å². The molecular formula is C19H25N3O6. The van der Waals surface area contributed by atoms with Gasteiger partial charge in [-0.25, -0.2) is 9.48 Å². The van der Waals surface area contributed by atoms with Crippen LogP contribution >= 0.6 is 0 Å². The van der Waals surface area contributed by atoms with Gasteiger partial charge >= 0.3 is 5.97 Å². The van der Waals surface area contributed by atoms with Crippen molar-refractivity contribution in [3.63, 3.8) is 0 Å². The number of methoxy groups -OCH3 is 3. The first kappa shape index (κ1) is 21.2. The van der Waals surface area contributed by atoms with Crippen molar-refractivity contribution in [3.8, 4) is 11.5 Å². The maximum absolute atomic E-state index is 12.9. The molecule has 0 aliphatic heterocycles. The molecule has 0 aliphatic rings. The van der Waals surface area contributed by atoms with Crippen molar-refractivity contribution in [1.82, 2.24) is 15.1 Å². The number of nitrogens with zero attached hydrogens (tertiary/aromatic N) is 2. The van der Waals surface area contributed by atoms with Crippen molar-refractivity contribution in [3.05, 3.63) is 28.7 Å². The smallest absolute Gasteiger partial charge is 0.328 e. The number of benzene rings is 1. The Balaban J connectivity index is 2.33. The Morgan fingerprint density at radius 1 is 1.18 bits per heavy atom. The highest BCUT2D eigenvalue weighted by Gasteiger charge is 2.23. The molecule has 1 aromatic heterocycles. The Morgan fingerprint density at radius 3 is 2.46 bits per heavy atom. The summed E-state index contributed by atoms with van der Waals surface area (Å²) in [7, 11) is 4.16. The lowest BCUT2D eigenvalue weighted by Gasteiger charge is -2.18. The van der Waals surface area contributed by atoms with Gasteiger partial charge in [0.1, 0.15) is 12.6 Å². The van der Waals surface area contributed by atoms with E-state index in [2.05, 4.69) is 10.4 Å². The number of aromatic nitrogens is 2. The number of carbonyl (C=O) groups excluding carboxylic acids is 2. The molecule has 28 heavy (non-hydrogen) atoms. The van der Waals surface area contributed by atoms with Gasteiger partial charge in [0.05, 0.1) is 32.9 Å². The standard InChI is InChI=1S/C19H25N3O6/c1-11(2)8-13(19(25)28-5)21-15(23)10-22-18(24)16-12(9-20-22)6-7-14(26-3)17(16)27-4/h6-7,9,11,13H,8,10H2,1-5H3,(H,21,23)/t13-/m0/s1. The second-order valence-corrected chi connectivity index (χ2v) is 6.65. The van der Waals surface area contributed by atoms with Crippen LogP contribution in [0.1, 0.15) is 20.3 Å². The van der Waals surface area contributed by atoms with Gasteiger partial charge in [-0.05, 0) is 24.5 Å². The zero-order valence-electron chi connectivity index (χ0n) is 16.6. The minimum absolute atomic E-state index is 0.169. The second-order valence-electron chi connectivity index (χ2n) is 6.65. The fourth-order valence-electron chi connectivity index (χ4n) is 2.90. The Morgan fingerprint density at radius 2 is 1.89 bits per heavy atom. The van der Waals surface area contributed by atoms with E-state index >= 15 is 0 Å². The minimum atomic E-state index is -0.789. The number of nitrogens with one attached hydrogen (secondary N) is 1. The zero-order chi connectivity index (χ0) is 20.8. The largest absolute Gasteiger partial charge is 0.493 e. The molecule has 1 N–H and O–H groups in total. The van der Waals surface area contributed by atoms with Crippen molar-refractivity contribution < 1.29 is 23.8 Å². The SMILES string of the molecule is COC(=O)[C@H](CC(C)C)NC(=O)Cn1ncc2ccc(OC)c(OC)c2c1=O. The molecule has 1 atom stereocenters. The average molecular weight is 391 g/mol. The van der Waals surface area contributed by atoms with E-state index in [0.717, 1.165) is 4.68 Å². The summed E-state index contributed by atoms with van der Waals surface area (Å²) in [5.74, 6) is -0.215. The number of esters is 1. The van der Waals surface area contributed by atoms with Crippen LogP contribution in [0.4, 0.5) is 0 Å². The van der Waals surface area contributed by atoms with Crippen LogP contribution < -0.4 is 20.3 Å². The third-order valence-electron chi connectivity index (χ3n) is 4.18. The molecule has 0 fully saturated rings. The normalized spacial score (nSPS) is 11.9. The van der Waals surface area contributed by atoms with Gasteiger partial charge in [0.2, 0.25) is 5.91 Å². The van der Waals surface area contributed by atoms with Crippen molar-refractivity contribution in [2.24, 2.45) is 5.92 Å². The van der Waals surface area contributed by atoms with Gasteiger partial charge < -0.3 is 19.5 Å². The summed E-state index contributed by atoms with van der Waals surface area (Å²) in [5.41, 5.74) is -0.498. The number of ether oxygens (including phenoxy) is 3. The second kappa shape index (κ2) is 9.20. The van der Waals surface area contributed by atoms with Crippen molar-refractivity contribution in [1.29, 1.82) is 0 Å². The molecule has 1 heterocycles. The van der Waals surface area contributed by atoms with Gasteiger partial charge in [0.15, 0.2) is 11.5 Å². The van der Waals surface area contributed by atoms with Crippen LogP contribution in [0.2, 0.25) is 0 Å². The van der Waals surface area contributed by atoms with Crippen LogP contribution in [-0.2, 0) is 20.9 Å². The van der Waals surface area contributed by atoms with Gasteiger partial charge in [0.25, 0.3) is 5.56 Å². The van der Waals surface area contributed by atoms with Crippen LogP contribution in [0, 0.1) is 5.92 Å². The van der Waals surface area contributed by atoms with Crippen LogP contribution in [-0.4, -0.2) is 49.0 Å². The van der Waals surface area contributed by atoms with Crippen LogP contribution in [0.5, 0.6) is 11.5 Å². The summed E-state index contributed by atoms with van der Waals surface area (Å²) in [6.45, 7) is 3.51. The predicted octanol–water partition coefficient (Wildman–Crippen LogP) is 1.12. The third-order valence-corrected chi connectivity index (χ3v) is 4.18. The fraction of sp³-hybridized carbons (Fsp3) is 0.474. The van der Waals surface area contributed by atoms with Crippen molar-refractivity contribution in [2.45, 2.75) is 32.9 Å². The van der Waals surface area contributed by atoms with E-state index in [1.165, 1.54) is 27.5 Å². The number of fused-ring (bicyclic) bond motifs is 1. The van der Waals surface area contributed by atoms with Crippen LogP contribution in [0.15, 0.2) is 23.1 Å². The first-order valence-electron chi connectivity index (χ1n) is 8.80. The fourth-order valence-corrected chi connectivity index (χ4v) is 2.90. The van der Waals surface area contributed by atoms with Crippen LogP contribution in [0.25, 0.3) is 10.8 Å². The average Bonchev–Trinajstić information content (AvgIpc) is 2.67. The van der Waals surface area contributed by atoms with E-state index in [9.17, 15) is 14.4 Å². The molecule has 0 unspecified atom stereocenters. The summed E-state index contributed by atoms with van der Waals surface area (Å²) < 4.78 is 16.3. The highest BCUT2D eigenvalue weighted by Crippen LogP contribution is 2.32. The molecule has 1 amide bonds. The van der Waals surface area contributed by atoms with E-state index < -0.39 is 23.5 Å². The summed E-state index contributed by atoms with van der Waals surface area (Å²) in [4.78, 5) is 37.2. The Labute approximate surface area is 162 Å². The Kier molecular flexibility index (Phi) is 6.97. The lowest BCUT2D eigenvalue weighted by molar-refractivity contribution is -0.145. The van der Waals surface area contributed by atoms with Crippen molar-refractivity contribution in [2.75, 3.05) is 21.3 Å². The molecule has 0 aliphatic carbocycles. The molecule has 152 valence electrons. The molecule has 9 heteroatoms. The van der Waals surface area contributed by atoms with E-state index in [1.807, 2.05) is 13.8 Å². The van der Waals surface area contributed by atoms with Crippen molar-refractivity contribution >= 4 is 22.6 Å². The number of rotatable bonds is 8. The molecular weight excluding hydrogens is 366 g/mol. The van der Waals surface area contributed by atoms with E-state index in [4.69, 9.17) is 14.2 Å². The van der Waals surface area contributed by atoms with E-state index in [-0.39, 0.29) is 23.6 Å².